The standard InChI is InChI=1S/C13H20BrFN2O2S/c1-9(2)13(16)6-7-17(3)20(18,19)10-4-5-12(15)11(14)8-10/h4-5,8-9,13H,6-7,16H2,1-3H3. The van der Waals surface area contributed by atoms with E-state index in [0.717, 1.165) is 6.07 Å². The van der Waals surface area contributed by atoms with Crippen LogP contribution in [0.15, 0.2) is 27.6 Å². The molecule has 0 heterocycles. The Morgan fingerprint density at radius 1 is 1.40 bits per heavy atom. The Kier molecular flexibility index (Phi) is 6.12. The van der Waals surface area contributed by atoms with Crippen molar-refractivity contribution in [2.24, 2.45) is 11.7 Å². The maximum Gasteiger partial charge on any atom is 0.242 e. The van der Waals surface area contributed by atoms with E-state index < -0.39 is 15.8 Å². The smallest absolute Gasteiger partial charge is 0.242 e. The van der Waals surface area contributed by atoms with Gasteiger partial charge in [0, 0.05) is 19.6 Å². The number of nitrogens with zero attached hydrogens (tertiary/aromatic N) is 1. The quantitative estimate of drug-likeness (QED) is 0.841. The van der Waals surface area contributed by atoms with Crippen LogP contribution in [0.4, 0.5) is 4.39 Å². The van der Waals surface area contributed by atoms with Gasteiger partial charge in [0.15, 0.2) is 0 Å². The molecule has 0 saturated heterocycles. The van der Waals surface area contributed by atoms with Gasteiger partial charge in [-0.3, -0.25) is 0 Å². The first-order chi connectivity index (χ1) is 9.16. The molecule has 0 aliphatic rings. The van der Waals surface area contributed by atoms with Crippen LogP contribution >= 0.6 is 15.9 Å². The highest BCUT2D eigenvalue weighted by molar-refractivity contribution is 9.10. The molecule has 1 rings (SSSR count). The van der Waals surface area contributed by atoms with Crippen molar-refractivity contribution >= 4 is 26.0 Å². The van der Waals surface area contributed by atoms with Gasteiger partial charge in [-0.25, -0.2) is 17.1 Å². The normalized spacial score (nSPS) is 14.0. The molecule has 20 heavy (non-hydrogen) atoms. The Balaban J connectivity index is 2.84. The lowest BCUT2D eigenvalue weighted by molar-refractivity contribution is 0.397. The maximum absolute atomic E-state index is 13.2. The Bertz CT molecular complexity index is 563. The molecule has 1 aromatic carbocycles. The average Bonchev–Trinajstić information content (AvgIpc) is 2.38. The fraction of sp³-hybridized carbons (Fsp3) is 0.538. The number of rotatable bonds is 6. The molecule has 0 saturated carbocycles. The van der Waals surface area contributed by atoms with Crippen LogP contribution in [0.25, 0.3) is 0 Å². The van der Waals surface area contributed by atoms with Crippen LogP contribution in [-0.4, -0.2) is 32.4 Å². The first-order valence-electron chi connectivity index (χ1n) is 6.33. The zero-order valence-corrected chi connectivity index (χ0v) is 14.2. The summed E-state index contributed by atoms with van der Waals surface area (Å²) in [6, 6.07) is 3.61. The van der Waals surface area contributed by atoms with E-state index in [4.69, 9.17) is 5.73 Å². The van der Waals surface area contributed by atoms with Crippen molar-refractivity contribution < 1.29 is 12.8 Å². The second-order valence-electron chi connectivity index (χ2n) is 5.10. The summed E-state index contributed by atoms with van der Waals surface area (Å²) in [6.07, 6.45) is 0.579. The van der Waals surface area contributed by atoms with E-state index in [2.05, 4.69) is 15.9 Å². The molecule has 1 unspecified atom stereocenters. The third-order valence-corrected chi connectivity index (χ3v) is 5.69. The lowest BCUT2D eigenvalue weighted by Crippen LogP contribution is -2.34. The second-order valence-corrected chi connectivity index (χ2v) is 8.00. The topological polar surface area (TPSA) is 63.4 Å². The molecule has 0 radical (unpaired) electrons. The van der Waals surface area contributed by atoms with Crippen LogP contribution in [0.5, 0.6) is 0 Å². The summed E-state index contributed by atoms with van der Waals surface area (Å²) < 4.78 is 39.2. The van der Waals surface area contributed by atoms with Crippen LogP contribution in [-0.2, 0) is 10.0 Å². The van der Waals surface area contributed by atoms with Gasteiger partial charge >= 0.3 is 0 Å². The van der Waals surface area contributed by atoms with Gasteiger partial charge in [0.25, 0.3) is 0 Å². The van der Waals surface area contributed by atoms with Crippen molar-refractivity contribution in [1.82, 2.24) is 4.31 Å². The molecule has 0 amide bonds. The molecule has 0 aliphatic heterocycles. The monoisotopic (exact) mass is 366 g/mol. The molecule has 0 aromatic heterocycles. The molecular weight excluding hydrogens is 347 g/mol. The van der Waals surface area contributed by atoms with Crippen molar-refractivity contribution in [3.63, 3.8) is 0 Å². The predicted octanol–water partition coefficient (Wildman–Crippen LogP) is 2.58. The van der Waals surface area contributed by atoms with Crippen LogP contribution < -0.4 is 5.73 Å². The summed E-state index contributed by atoms with van der Waals surface area (Å²) in [4.78, 5) is 0.0615. The third-order valence-electron chi connectivity index (χ3n) is 3.23. The van der Waals surface area contributed by atoms with Crippen LogP contribution in [0.1, 0.15) is 20.3 Å². The Morgan fingerprint density at radius 3 is 2.50 bits per heavy atom. The minimum absolute atomic E-state index is 0.0485. The molecule has 0 spiro atoms. The molecule has 1 atom stereocenters. The summed E-state index contributed by atoms with van der Waals surface area (Å²) in [5, 5.41) is 0. The van der Waals surface area contributed by atoms with E-state index >= 15 is 0 Å². The lowest BCUT2D eigenvalue weighted by Gasteiger charge is -2.21. The number of nitrogens with two attached hydrogens (primary N) is 1. The van der Waals surface area contributed by atoms with Gasteiger partial charge in [0.1, 0.15) is 5.82 Å². The third kappa shape index (κ3) is 4.25. The molecule has 0 fully saturated rings. The fourth-order valence-corrected chi connectivity index (χ4v) is 3.34. The molecule has 114 valence electrons. The Morgan fingerprint density at radius 2 is 2.00 bits per heavy atom. The molecule has 4 nitrogen and oxygen atoms in total. The van der Waals surface area contributed by atoms with E-state index in [1.807, 2.05) is 13.8 Å². The van der Waals surface area contributed by atoms with Crippen LogP contribution in [0, 0.1) is 11.7 Å². The summed E-state index contributed by atoms with van der Waals surface area (Å²) in [5.41, 5.74) is 5.91. The summed E-state index contributed by atoms with van der Waals surface area (Å²) in [6.45, 7) is 4.32. The molecule has 7 heteroatoms. The minimum atomic E-state index is -3.62. The van der Waals surface area contributed by atoms with Crippen molar-refractivity contribution in [2.75, 3.05) is 13.6 Å². The van der Waals surface area contributed by atoms with Gasteiger partial charge < -0.3 is 5.73 Å². The summed E-state index contributed by atoms with van der Waals surface area (Å²) in [7, 11) is -2.12. The predicted molar refractivity (Wildman–Crippen MR) is 81.3 cm³/mol. The highest BCUT2D eigenvalue weighted by Gasteiger charge is 2.22. The van der Waals surface area contributed by atoms with Crippen LogP contribution in [0.3, 0.4) is 0 Å². The second kappa shape index (κ2) is 6.98. The zero-order valence-electron chi connectivity index (χ0n) is 11.8. The van der Waals surface area contributed by atoms with Gasteiger partial charge in [-0.05, 0) is 46.5 Å². The van der Waals surface area contributed by atoms with E-state index in [-0.39, 0.29) is 15.4 Å². The van der Waals surface area contributed by atoms with Crippen molar-refractivity contribution in [3.8, 4) is 0 Å². The van der Waals surface area contributed by atoms with E-state index in [0.29, 0.717) is 18.9 Å². The lowest BCUT2D eigenvalue weighted by atomic mass is 10.0. The fourth-order valence-electron chi connectivity index (χ4n) is 1.60. The summed E-state index contributed by atoms with van der Waals surface area (Å²) in [5.74, 6) is -0.195. The first kappa shape index (κ1) is 17.6. The highest BCUT2D eigenvalue weighted by atomic mass is 79.9. The molecule has 1 aromatic rings. The van der Waals surface area contributed by atoms with Gasteiger partial charge in [-0.1, -0.05) is 13.8 Å². The summed E-state index contributed by atoms with van der Waals surface area (Å²) >= 11 is 2.99. The van der Waals surface area contributed by atoms with E-state index in [1.54, 1.807) is 0 Å². The molecule has 0 aliphatic carbocycles. The van der Waals surface area contributed by atoms with Crippen LogP contribution in [0.2, 0.25) is 0 Å². The van der Waals surface area contributed by atoms with Crippen molar-refractivity contribution in [3.05, 3.63) is 28.5 Å². The first-order valence-corrected chi connectivity index (χ1v) is 8.56. The molecular formula is C13H20BrFN2O2S. The number of hydrogen-bond donors (Lipinski definition) is 1. The Hall–Kier alpha value is -0.500. The van der Waals surface area contributed by atoms with Gasteiger partial charge in [-0.2, -0.15) is 0 Å². The van der Waals surface area contributed by atoms with E-state index in [1.165, 1.54) is 23.5 Å². The number of halogens is 2. The van der Waals surface area contributed by atoms with E-state index in [9.17, 15) is 12.8 Å². The zero-order chi connectivity index (χ0) is 15.5. The van der Waals surface area contributed by atoms with Crippen molar-refractivity contribution in [2.45, 2.75) is 31.2 Å². The average molecular weight is 367 g/mol. The minimum Gasteiger partial charge on any atom is -0.327 e. The Labute approximate surface area is 128 Å². The van der Waals surface area contributed by atoms with Gasteiger partial charge in [0.05, 0.1) is 9.37 Å². The maximum atomic E-state index is 13.2. The van der Waals surface area contributed by atoms with Gasteiger partial charge in [0.2, 0.25) is 10.0 Å². The largest absolute Gasteiger partial charge is 0.327 e. The molecule has 2 N–H and O–H groups in total. The number of sulfonamides is 1. The number of benzene rings is 1. The highest BCUT2D eigenvalue weighted by Crippen LogP contribution is 2.22. The SMILES string of the molecule is CC(C)C(N)CCN(C)S(=O)(=O)c1ccc(F)c(Br)c1. The number of hydrogen-bond acceptors (Lipinski definition) is 3. The van der Waals surface area contributed by atoms with Gasteiger partial charge in [-0.15, -0.1) is 0 Å². The molecule has 0 bridgehead atoms. The van der Waals surface area contributed by atoms with Crippen molar-refractivity contribution in [1.29, 1.82) is 0 Å².